The van der Waals surface area contributed by atoms with Crippen molar-refractivity contribution in [2.45, 2.75) is 0 Å². The average Bonchev–Trinajstić information content (AvgIpc) is 2.69. The molecule has 2 heterocycles. The minimum absolute atomic E-state index is 1.16. The molecule has 16 heavy (non-hydrogen) atoms. The van der Waals surface area contributed by atoms with E-state index < -0.39 is 0 Å². The molecular formula is C13H10N2S. The first-order valence-corrected chi connectivity index (χ1v) is 5.93. The fraction of sp³-hybridized carbons (Fsp3) is 0.0769. The lowest BCUT2D eigenvalue weighted by atomic mass is 10.2. The van der Waals surface area contributed by atoms with Gasteiger partial charge in [-0.05, 0) is 18.0 Å². The van der Waals surface area contributed by atoms with Gasteiger partial charge in [0.2, 0.25) is 0 Å². The van der Waals surface area contributed by atoms with Gasteiger partial charge in [-0.2, -0.15) is 0 Å². The predicted octanol–water partition coefficient (Wildman–Crippen LogP) is 3.41. The number of hydrogen-bond acceptors (Lipinski definition) is 2. The molecule has 1 aromatic carbocycles. The fourth-order valence-electron chi connectivity index (χ4n) is 1.90. The van der Waals surface area contributed by atoms with Gasteiger partial charge in [0, 0.05) is 23.4 Å². The van der Waals surface area contributed by atoms with E-state index in [1.165, 1.54) is 16.6 Å². The number of rotatable bonds is 1. The van der Waals surface area contributed by atoms with Gasteiger partial charge < -0.3 is 4.57 Å². The summed E-state index contributed by atoms with van der Waals surface area (Å²) in [5.74, 6) is 2.82. The van der Waals surface area contributed by atoms with Crippen LogP contribution >= 0.6 is 11.8 Å². The Morgan fingerprint density at radius 3 is 2.94 bits per heavy atom. The number of benzene rings is 1. The summed E-state index contributed by atoms with van der Waals surface area (Å²) in [5, 5.41) is 3.15. The molecule has 0 N–H and O–H groups in total. The Hall–Kier alpha value is -1.70. The third-order valence-corrected chi connectivity index (χ3v) is 3.49. The lowest BCUT2D eigenvalue weighted by Crippen LogP contribution is -1.93. The van der Waals surface area contributed by atoms with Gasteiger partial charge in [-0.3, -0.25) is 0 Å². The molecule has 0 unspecified atom stereocenters. The lowest BCUT2D eigenvalue weighted by molar-refractivity contribution is 0.952. The number of nitrogens with zero attached hydrogens (tertiary/aromatic N) is 2. The van der Waals surface area contributed by atoms with Crippen molar-refractivity contribution in [1.82, 2.24) is 4.57 Å². The van der Waals surface area contributed by atoms with Crippen LogP contribution in [0.3, 0.4) is 0 Å². The zero-order valence-electron chi connectivity index (χ0n) is 8.84. The van der Waals surface area contributed by atoms with Gasteiger partial charge in [0.25, 0.3) is 0 Å². The molecule has 1 aromatic heterocycles. The monoisotopic (exact) mass is 226 g/mol. The van der Waals surface area contributed by atoms with Crippen LogP contribution < -0.4 is 0 Å². The first kappa shape index (κ1) is 9.52. The Kier molecular flexibility index (Phi) is 2.21. The minimum Gasteiger partial charge on any atom is -0.343 e. The lowest BCUT2D eigenvalue weighted by Gasteiger charge is -2.06. The number of aromatic nitrogens is 1. The van der Waals surface area contributed by atoms with Crippen LogP contribution in [-0.2, 0) is 7.05 Å². The van der Waals surface area contributed by atoms with Crippen molar-refractivity contribution in [3.63, 3.8) is 0 Å². The highest BCUT2D eigenvalue weighted by molar-refractivity contribution is 8.11. The van der Waals surface area contributed by atoms with E-state index in [2.05, 4.69) is 52.8 Å². The number of fused-ring (bicyclic) bond motifs is 1. The van der Waals surface area contributed by atoms with Gasteiger partial charge in [-0.25, -0.2) is 4.99 Å². The number of hydrogen-bond donors (Lipinski definition) is 0. The normalized spacial score (nSPS) is 14.4. The summed E-state index contributed by atoms with van der Waals surface area (Å²) in [5.41, 5.74) is 2.45. The van der Waals surface area contributed by atoms with E-state index in [-0.39, 0.29) is 0 Å². The van der Waals surface area contributed by atoms with Crippen molar-refractivity contribution in [2.24, 2.45) is 12.0 Å². The summed E-state index contributed by atoms with van der Waals surface area (Å²) >= 11 is 1.66. The number of para-hydroxylation sites is 1. The van der Waals surface area contributed by atoms with Crippen molar-refractivity contribution >= 4 is 33.4 Å². The maximum Gasteiger partial charge on any atom is 0.0572 e. The predicted molar refractivity (Wildman–Crippen MR) is 70.5 cm³/mol. The van der Waals surface area contributed by atoms with Crippen LogP contribution in [0.4, 0.5) is 0 Å². The van der Waals surface area contributed by atoms with Crippen molar-refractivity contribution in [3.05, 3.63) is 47.6 Å². The number of aryl methyl sites for hydroxylation is 1. The molecule has 1 aliphatic rings. The highest BCUT2D eigenvalue weighted by Gasteiger charge is 2.10. The highest BCUT2D eigenvalue weighted by Crippen LogP contribution is 2.32. The highest BCUT2D eigenvalue weighted by atomic mass is 32.2. The van der Waals surface area contributed by atoms with E-state index in [1.807, 2.05) is 11.6 Å². The minimum atomic E-state index is 1.16. The zero-order valence-corrected chi connectivity index (χ0v) is 9.66. The van der Waals surface area contributed by atoms with E-state index in [0.29, 0.717) is 0 Å². The van der Waals surface area contributed by atoms with Crippen LogP contribution in [-0.4, -0.2) is 10.4 Å². The Morgan fingerprint density at radius 2 is 2.19 bits per heavy atom. The maximum atomic E-state index is 4.04. The summed E-state index contributed by atoms with van der Waals surface area (Å²) < 4.78 is 2.20. The molecule has 0 atom stereocenters. The standard InChI is InChI=1S/C13H10N2S/c1-15-11-5-3-2-4-10(11)8-12(15)13-9-14-6-7-16-13/h2-5,7-9H,1H3. The molecule has 0 aliphatic carbocycles. The Morgan fingerprint density at radius 1 is 1.31 bits per heavy atom. The van der Waals surface area contributed by atoms with Gasteiger partial charge in [0.1, 0.15) is 0 Å². The van der Waals surface area contributed by atoms with Crippen LogP contribution in [0.1, 0.15) is 5.69 Å². The zero-order chi connectivity index (χ0) is 11.0. The SMILES string of the molecule is Cn1c(C2=CN=C=CS2)cc2ccccc21. The third kappa shape index (κ3) is 1.42. The molecule has 0 saturated carbocycles. The molecule has 0 bridgehead atoms. The fourth-order valence-corrected chi connectivity index (χ4v) is 2.57. The second-order valence-corrected chi connectivity index (χ2v) is 4.55. The molecule has 0 spiro atoms. The topological polar surface area (TPSA) is 17.3 Å². The summed E-state index contributed by atoms with van der Waals surface area (Å²) in [6.07, 6.45) is 1.86. The van der Waals surface area contributed by atoms with E-state index in [0.717, 1.165) is 4.91 Å². The van der Waals surface area contributed by atoms with E-state index >= 15 is 0 Å². The van der Waals surface area contributed by atoms with Crippen molar-refractivity contribution in [2.75, 3.05) is 0 Å². The largest absolute Gasteiger partial charge is 0.343 e. The molecule has 3 rings (SSSR count). The first-order valence-electron chi connectivity index (χ1n) is 5.05. The summed E-state index contributed by atoms with van der Waals surface area (Å²) in [6.45, 7) is 0. The van der Waals surface area contributed by atoms with E-state index in [1.54, 1.807) is 11.8 Å². The van der Waals surface area contributed by atoms with Crippen molar-refractivity contribution in [3.8, 4) is 0 Å². The molecule has 2 nitrogen and oxygen atoms in total. The van der Waals surface area contributed by atoms with Gasteiger partial charge in [0.15, 0.2) is 0 Å². The molecule has 0 fully saturated rings. The molecule has 0 amide bonds. The van der Waals surface area contributed by atoms with Gasteiger partial charge in [-0.15, -0.1) is 0 Å². The van der Waals surface area contributed by atoms with Crippen molar-refractivity contribution in [1.29, 1.82) is 0 Å². The Balaban J connectivity index is 2.21. The Labute approximate surface area is 98.0 Å². The Bertz CT molecular complexity index is 643. The van der Waals surface area contributed by atoms with Crippen LogP contribution in [0.15, 0.2) is 46.9 Å². The molecule has 2 aromatic rings. The summed E-state index contributed by atoms with van der Waals surface area (Å²) in [7, 11) is 2.08. The smallest absolute Gasteiger partial charge is 0.0572 e. The van der Waals surface area contributed by atoms with Gasteiger partial charge in [-0.1, -0.05) is 30.0 Å². The maximum absolute atomic E-state index is 4.04. The van der Waals surface area contributed by atoms with E-state index in [9.17, 15) is 0 Å². The number of thioether (sulfide) groups is 1. The molecule has 0 radical (unpaired) electrons. The second-order valence-electron chi connectivity index (χ2n) is 3.63. The van der Waals surface area contributed by atoms with Crippen LogP contribution in [0.5, 0.6) is 0 Å². The second kappa shape index (κ2) is 3.71. The van der Waals surface area contributed by atoms with Crippen molar-refractivity contribution < 1.29 is 0 Å². The molecule has 1 aliphatic heterocycles. The van der Waals surface area contributed by atoms with Gasteiger partial charge >= 0.3 is 0 Å². The molecular weight excluding hydrogens is 216 g/mol. The number of aliphatic imine (C=N–C) groups is 1. The molecule has 78 valence electrons. The summed E-state index contributed by atoms with van der Waals surface area (Å²) in [4.78, 5) is 5.21. The third-order valence-electron chi connectivity index (χ3n) is 2.70. The van der Waals surface area contributed by atoms with Crippen LogP contribution in [0.2, 0.25) is 0 Å². The summed E-state index contributed by atoms with van der Waals surface area (Å²) in [6, 6.07) is 10.6. The first-order chi connectivity index (χ1) is 7.86. The van der Waals surface area contributed by atoms with Crippen LogP contribution in [0, 0.1) is 0 Å². The van der Waals surface area contributed by atoms with Crippen LogP contribution in [0.25, 0.3) is 15.8 Å². The van der Waals surface area contributed by atoms with E-state index in [4.69, 9.17) is 0 Å². The average molecular weight is 226 g/mol. The van der Waals surface area contributed by atoms with Gasteiger partial charge in [0.05, 0.1) is 16.8 Å². The molecule has 3 heteroatoms. The molecule has 0 saturated heterocycles. The quantitative estimate of drug-likeness (QED) is 0.728.